The molecule has 2 atom stereocenters. The fraction of sp³-hybridized carbons (Fsp3) is 0.833. The van der Waals surface area contributed by atoms with Gasteiger partial charge in [-0.05, 0) is 6.92 Å². The highest BCUT2D eigenvalue weighted by Gasteiger charge is 2.25. The van der Waals surface area contributed by atoms with Crippen LogP contribution in [0, 0.1) is 5.41 Å². The molecule has 3 N–H and O–H groups in total. The summed E-state index contributed by atoms with van der Waals surface area (Å²) < 4.78 is 4.73. The molecule has 0 aromatic heterocycles. The summed E-state index contributed by atoms with van der Waals surface area (Å²) >= 11 is 0. The molecule has 0 aliphatic rings. The number of aliphatic hydroxyl groups is 1. The maximum Gasteiger partial charge on any atom is 0.242 e. The molecule has 0 radical (unpaired) electrons. The van der Waals surface area contributed by atoms with E-state index >= 15 is 0 Å². The van der Waals surface area contributed by atoms with Crippen molar-refractivity contribution in [2.75, 3.05) is 20.3 Å². The Morgan fingerprint density at radius 3 is 2.33 bits per heavy atom. The standard InChI is InChI=1S/C12H24N2O4/c1-8(14-11(17)12(2,3)4)10(16)13-6-9(15)7-18-5/h8-9,15H,6-7H2,1-5H3,(H,13,16)(H,14,17). The molecule has 6 heteroatoms. The van der Waals surface area contributed by atoms with Crippen LogP contribution in [-0.2, 0) is 14.3 Å². The largest absolute Gasteiger partial charge is 0.389 e. The molecule has 2 unspecified atom stereocenters. The first-order valence-electron chi connectivity index (χ1n) is 5.94. The first-order chi connectivity index (χ1) is 8.18. The van der Waals surface area contributed by atoms with Crippen LogP contribution in [0.4, 0.5) is 0 Å². The number of rotatable bonds is 6. The summed E-state index contributed by atoms with van der Waals surface area (Å²) in [7, 11) is 1.47. The van der Waals surface area contributed by atoms with E-state index in [1.54, 1.807) is 27.7 Å². The molecule has 0 aromatic rings. The molecule has 0 saturated heterocycles. The number of nitrogens with one attached hydrogen (secondary N) is 2. The molecule has 0 saturated carbocycles. The summed E-state index contributed by atoms with van der Waals surface area (Å²) in [5, 5.41) is 14.5. The van der Waals surface area contributed by atoms with Crippen molar-refractivity contribution in [2.24, 2.45) is 5.41 Å². The second-order valence-electron chi connectivity index (χ2n) is 5.30. The third kappa shape index (κ3) is 6.56. The van der Waals surface area contributed by atoms with Crippen molar-refractivity contribution in [2.45, 2.75) is 39.8 Å². The van der Waals surface area contributed by atoms with Crippen LogP contribution in [0.3, 0.4) is 0 Å². The molecular formula is C12H24N2O4. The van der Waals surface area contributed by atoms with E-state index in [1.807, 2.05) is 0 Å². The second-order valence-corrected chi connectivity index (χ2v) is 5.30. The number of carbonyl (C=O) groups excluding carboxylic acids is 2. The van der Waals surface area contributed by atoms with Crippen LogP contribution in [0.2, 0.25) is 0 Å². The maximum absolute atomic E-state index is 11.7. The molecule has 0 spiro atoms. The van der Waals surface area contributed by atoms with Crippen LogP contribution in [-0.4, -0.2) is 49.3 Å². The Bertz CT molecular complexity index is 286. The van der Waals surface area contributed by atoms with Crippen LogP contribution in [0.1, 0.15) is 27.7 Å². The number of aliphatic hydroxyl groups excluding tert-OH is 1. The van der Waals surface area contributed by atoms with Crippen LogP contribution in [0.15, 0.2) is 0 Å². The summed E-state index contributed by atoms with van der Waals surface area (Å²) in [5.41, 5.74) is -0.538. The number of amides is 2. The topological polar surface area (TPSA) is 87.7 Å². The van der Waals surface area contributed by atoms with Gasteiger partial charge in [-0.3, -0.25) is 9.59 Å². The van der Waals surface area contributed by atoms with Gasteiger partial charge < -0.3 is 20.5 Å². The zero-order valence-electron chi connectivity index (χ0n) is 11.7. The van der Waals surface area contributed by atoms with Gasteiger partial charge in [0, 0.05) is 19.1 Å². The van der Waals surface area contributed by atoms with Crippen molar-refractivity contribution in [3.8, 4) is 0 Å². The Balaban J connectivity index is 4.08. The Kier molecular flexibility index (Phi) is 6.86. The zero-order valence-corrected chi connectivity index (χ0v) is 11.7. The highest BCUT2D eigenvalue weighted by Crippen LogP contribution is 2.12. The lowest BCUT2D eigenvalue weighted by atomic mass is 9.95. The Hall–Kier alpha value is -1.14. The molecular weight excluding hydrogens is 236 g/mol. The van der Waals surface area contributed by atoms with E-state index in [4.69, 9.17) is 4.74 Å². The normalized spacial score (nSPS) is 14.8. The molecule has 0 aliphatic carbocycles. The average molecular weight is 260 g/mol. The molecule has 2 amide bonds. The van der Waals surface area contributed by atoms with Crippen LogP contribution in [0.5, 0.6) is 0 Å². The Morgan fingerprint density at radius 2 is 1.89 bits per heavy atom. The lowest BCUT2D eigenvalue weighted by Gasteiger charge is -2.21. The smallest absolute Gasteiger partial charge is 0.242 e. The van der Waals surface area contributed by atoms with E-state index in [1.165, 1.54) is 7.11 Å². The van der Waals surface area contributed by atoms with E-state index < -0.39 is 17.6 Å². The van der Waals surface area contributed by atoms with E-state index in [0.29, 0.717) is 0 Å². The number of methoxy groups -OCH3 is 1. The summed E-state index contributed by atoms with van der Waals surface area (Å²) in [6.45, 7) is 7.17. The second kappa shape index (κ2) is 7.33. The minimum Gasteiger partial charge on any atom is -0.389 e. The van der Waals surface area contributed by atoms with E-state index in [0.717, 1.165) is 0 Å². The molecule has 18 heavy (non-hydrogen) atoms. The highest BCUT2D eigenvalue weighted by molar-refractivity contribution is 5.89. The molecule has 106 valence electrons. The lowest BCUT2D eigenvalue weighted by Crippen LogP contribution is -2.49. The first kappa shape index (κ1) is 16.9. The van der Waals surface area contributed by atoms with Crippen molar-refractivity contribution in [3.05, 3.63) is 0 Å². The Morgan fingerprint density at radius 1 is 1.33 bits per heavy atom. The minimum absolute atomic E-state index is 0.0996. The molecule has 0 heterocycles. The summed E-state index contributed by atoms with van der Waals surface area (Å²) in [5.74, 6) is -0.523. The molecule has 0 aromatic carbocycles. The van der Waals surface area contributed by atoms with Gasteiger partial charge in [0.1, 0.15) is 6.04 Å². The van der Waals surface area contributed by atoms with Gasteiger partial charge in [-0.15, -0.1) is 0 Å². The average Bonchev–Trinajstić information content (AvgIpc) is 2.24. The van der Waals surface area contributed by atoms with E-state index in [2.05, 4.69) is 10.6 Å². The van der Waals surface area contributed by atoms with Crippen molar-refractivity contribution in [1.82, 2.24) is 10.6 Å². The summed E-state index contributed by atoms with van der Waals surface area (Å²) in [6.07, 6.45) is -0.746. The van der Waals surface area contributed by atoms with Gasteiger partial charge in [0.15, 0.2) is 0 Å². The van der Waals surface area contributed by atoms with Crippen molar-refractivity contribution < 1.29 is 19.4 Å². The maximum atomic E-state index is 11.7. The van der Waals surface area contributed by atoms with Gasteiger partial charge in [0.25, 0.3) is 0 Å². The van der Waals surface area contributed by atoms with Gasteiger partial charge in [-0.25, -0.2) is 0 Å². The van der Waals surface area contributed by atoms with Crippen molar-refractivity contribution in [1.29, 1.82) is 0 Å². The fourth-order valence-corrected chi connectivity index (χ4v) is 1.10. The quantitative estimate of drug-likeness (QED) is 0.610. The SMILES string of the molecule is COCC(O)CNC(=O)C(C)NC(=O)C(C)(C)C. The minimum atomic E-state index is -0.746. The molecule has 0 aliphatic heterocycles. The van der Waals surface area contributed by atoms with E-state index in [9.17, 15) is 14.7 Å². The third-order valence-electron chi connectivity index (χ3n) is 2.29. The first-order valence-corrected chi connectivity index (χ1v) is 5.94. The van der Waals surface area contributed by atoms with Crippen LogP contribution < -0.4 is 10.6 Å². The summed E-state index contributed by atoms with van der Waals surface area (Å²) in [6, 6.07) is -0.633. The number of ether oxygens (including phenoxy) is 1. The van der Waals surface area contributed by atoms with Gasteiger partial charge in [-0.2, -0.15) is 0 Å². The number of hydrogen-bond donors (Lipinski definition) is 3. The number of hydrogen-bond acceptors (Lipinski definition) is 4. The molecule has 0 fully saturated rings. The fourth-order valence-electron chi connectivity index (χ4n) is 1.10. The van der Waals surface area contributed by atoms with Gasteiger partial charge in [-0.1, -0.05) is 20.8 Å². The number of carbonyl (C=O) groups is 2. The molecule has 0 bridgehead atoms. The zero-order chi connectivity index (χ0) is 14.3. The Labute approximate surface area is 108 Å². The third-order valence-corrected chi connectivity index (χ3v) is 2.29. The van der Waals surface area contributed by atoms with Gasteiger partial charge >= 0.3 is 0 Å². The molecule has 0 rings (SSSR count). The monoisotopic (exact) mass is 260 g/mol. The summed E-state index contributed by atoms with van der Waals surface area (Å²) in [4.78, 5) is 23.3. The van der Waals surface area contributed by atoms with Gasteiger partial charge in [0.05, 0.1) is 12.7 Å². The predicted octanol–water partition coefficient (Wildman–Crippen LogP) is -0.339. The van der Waals surface area contributed by atoms with Crippen LogP contribution in [0.25, 0.3) is 0 Å². The lowest BCUT2D eigenvalue weighted by molar-refractivity contribution is -0.133. The van der Waals surface area contributed by atoms with E-state index in [-0.39, 0.29) is 25.0 Å². The van der Waals surface area contributed by atoms with Crippen molar-refractivity contribution >= 4 is 11.8 Å². The highest BCUT2D eigenvalue weighted by atomic mass is 16.5. The predicted molar refractivity (Wildman–Crippen MR) is 68.0 cm³/mol. The molecule has 6 nitrogen and oxygen atoms in total. The van der Waals surface area contributed by atoms with Crippen molar-refractivity contribution in [3.63, 3.8) is 0 Å². The van der Waals surface area contributed by atoms with Gasteiger partial charge in [0.2, 0.25) is 11.8 Å². The van der Waals surface area contributed by atoms with Crippen LogP contribution >= 0.6 is 0 Å².